The maximum absolute atomic E-state index is 13.8. The molecular weight excluding hydrogens is 330 g/mol. The van der Waals surface area contributed by atoms with Crippen LogP contribution in [0, 0.1) is 0 Å². The zero-order valence-electron chi connectivity index (χ0n) is 12.4. The first-order chi connectivity index (χ1) is 10.1. The third-order valence-corrected chi connectivity index (χ3v) is 3.89. The highest BCUT2D eigenvalue weighted by Crippen LogP contribution is 2.22. The standard InChI is InChI=1S/C13H18ClFN6.ClH/c1-7(2)12-19-11(14)10-6-17-13(20-21(10)12)18-9-3-4-16-5-8(9)15;/h6-9,16H,3-5H2,1-2H3,(H,18,20);1H/t8-,9-;/m1./s1. The van der Waals surface area contributed by atoms with E-state index in [4.69, 9.17) is 11.6 Å². The highest BCUT2D eigenvalue weighted by molar-refractivity contribution is 6.32. The lowest BCUT2D eigenvalue weighted by atomic mass is 10.1. The number of imidazole rings is 1. The molecule has 2 aromatic heterocycles. The van der Waals surface area contributed by atoms with E-state index in [0.29, 0.717) is 29.6 Å². The minimum absolute atomic E-state index is 0. The molecule has 3 heterocycles. The maximum Gasteiger partial charge on any atom is 0.241 e. The van der Waals surface area contributed by atoms with Crippen LogP contribution in [0.2, 0.25) is 5.15 Å². The Bertz CT molecular complexity index is 647. The van der Waals surface area contributed by atoms with Crippen LogP contribution in [0.4, 0.5) is 10.3 Å². The molecule has 122 valence electrons. The normalized spacial score (nSPS) is 21.9. The Morgan fingerprint density at radius 2 is 2.27 bits per heavy atom. The fraction of sp³-hybridized carbons (Fsp3) is 0.615. The Labute approximate surface area is 139 Å². The molecule has 2 atom stereocenters. The number of aromatic nitrogens is 4. The summed E-state index contributed by atoms with van der Waals surface area (Å²) in [5.41, 5.74) is 0.660. The smallest absolute Gasteiger partial charge is 0.241 e. The summed E-state index contributed by atoms with van der Waals surface area (Å²) in [6.07, 6.45) is 1.36. The second kappa shape index (κ2) is 6.93. The van der Waals surface area contributed by atoms with Crippen LogP contribution in [0.15, 0.2) is 6.20 Å². The molecule has 9 heteroatoms. The fourth-order valence-corrected chi connectivity index (χ4v) is 2.68. The number of piperidine rings is 1. The Balaban J connectivity index is 0.00000176. The summed E-state index contributed by atoms with van der Waals surface area (Å²) in [7, 11) is 0. The van der Waals surface area contributed by atoms with Crippen molar-refractivity contribution >= 4 is 35.5 Å². The quantitative estimate of drug-likeness (QED) is 0.891. The van der Waals surface area contributed by atoms with E-state index in [1.54, 1.807) is 10.7 Å². The Kier molecular flexibility index (Phi) is 5.41. The SMILES string of the molecule is CC(C)c1nc(Cl)c2cnc(N[C@@H]3CCNC[C@H]3F)nn12.Cl. The van der Waals surface area contributed by atoms with Crippen molar-refractivity contribution in [2.24, 2.45) is 0 Å². The lowest BCUT2D eigenvalue weighted by molar-refractivity contribution is 0.244. The molecule has 0 saturated carbocycles. The number of hydrogen-bond acceptors (Lipinski definition) is 5. The van der Waals surface area contributed by atoms with Gasteiger partial charge in [0.1, 0.15) is 17.5 Å². The lowest BCUT2D eigenvalue weighted by Gasteiger charge is -2.27. The zero-order valence-corrected chi connectivity index (χ0v) is 14.0. The van der Waals surface area contributed by atoms with Crippen molar-refractivity contribution < 1.29 is 4.39 Å². The van der Waals surface area contributed by atoms with Crippen molar-refractivity contribution in [2.75, 3.05) is 18.4 Å². The summed E-state index contributed by atoms with van der Waals surface area (Å²) >= 11 is 6.09. The molecule has 0 amide bonds. The average molecular weight is 349 g/mol. The monoisotopic (exact) mass is 348 g/mol. The van der Waals surface area contributed by atoms with Crippen molar-refractivity contribution in [2.45, 2.75) is 38.4 Å². The predicted octanol–water partition coefficient (Wildman–Crippen LogP) is 2.43. The first kappa shape index (κ1) is 17.2. The van der Waals surface area contributed by atoms with E-state index >= 15 is 0 Å². The van der Waals surface area contributed by atoms with E-state index in [2.05, 4.69) is 25.7 Å². The molecule has 1 aliphatic rings. The molecule has 22 heavy (non-hydrogen) atoms. The van der Waals surface area contributed by atoms with E-state index in [0.717, 1.165) is 12.4 Å². The number of nitrogens with zero attached hydrogens (tertiary/aromatic N) is 4. The highest BCUT2D eigenvalue weighted by atomic mass is 35.5. The van der Waals surface area contributed by atoms with Gasteiger partial charge in [0.2, 0.25) is 5.95 Å². The van der Waals surface area contributed by atoms with Gasteiger partial charge in [0.15, 0.2) is 5.15 Å². The number of anilines is 1. The first-order valence-electron chi connectivity index (χ1n) is 7.08. The molecule has 1 aliphatic heterocycles. The van der Waals surface area contributed by atoms with Crippen molar-refractivity contribution in [1.29, 1.82) is 0 Å². The molecule has 3 rings (SSSR count). The van der Waals surface area contributed by atoms with E-state index in [9.17, 15) is 4.39 Å². The Morgan fingerprint density at radius 3 is 2.95 bits per heavy atom. The third-order valence-electron chi connectivity index (χ3n) is 3.61. The first-order valence-corrected chi connectivity index (χ1v) is 7.46. The van der Waals surface area contributed by atoms with Crippen LogP contribution < -0.4 is 10.6 Å². The number of halogens is 3. The molecule has 0 radical (unpaired) electrons. The van der Waals surface area contributed by atoms with Gasteiger partial charge in [-0.05, 0) is 13.0 Å². The summed E-state index contributed by atoms with van der Waals surface area (Å²) in [5.74, 6) is 1.34. The van der Waals surface area contributed by atoms with Crippen LogP contribution >= 0.6 is 24.0 Å². The molecule has 0 spiro atoms. The third kappa shape index (κ3) is 3.26. The number of alkyl halides is 1. The zero-order chi connectivity index (χ0) is 15.0. The summed E-state index contributed by atoms with van der Waals surface area (Å²) in [6.45, 7) is 5.18. The van der Waals surface area contributed by atoms with Crippen LogP contribution in [0.3, 0.4) is 0 Å². The molecule has 0 bridgehead atoms. The molecule has 1 saturated heterocycles. The van der Waals surface area contributed by atoms with Gasteiger partial charge in [0.05, 0.1) is 12.2 Å². The molecular formula is C13H19Cl2FN6. The summed E-state index contributed by atoms with van der Waals surface area (Å²) in [5, 5.41) is 10.9. The van der Waals surface area contributed by atoms with Crippen LogP contribution in [0.5, 0.6) is 0 Å². The van der Waals surface area contributed by atoms with Gasteiger partial charge >= 0.3 is 0 Å². The van der Waals surface area contributed by atoms with E-state index in [-0.39, 0.29) is 24.4 Å². The van der Waals surface area contributed by atoms with E-state index in [1.165, 1.54) is 0 Å². The van der Waals surface area contributed by atoms with Crippen LogP contribution in [-0.4, -0.2) is 44.9 Å². The number of fused-ring (bicyclic) bond motifs is 1. The largest absolute Gasteiger partial charge is 0.347 e. The molecule has 0 unspecified atom stereocenters. The van der Waals surface area contributed by atoms with Crippen molar-refractivity contribution in [3.8, 4) is 0 Å². The van der Waals surface area contributed by atoms with E-state index in [1.807, 2.05) is 13.8 Å². The second-order valence-electron chi connectivity index (χ2n) is 5.55. The molecule has 0 aliphatic carbocycles. The topological polar surface area (TPSA) is 67.1 Å². The molecule has 2 aromatic rings. The maximum atomic E-state index is 13.8. The van der Waals surface area contributed by atoms with Crippen molar-refractivity contribution in [3.63, 3.8) is 0 Å². The van der Waals surface area contributed by atoms with Crippen LogP contribution in [0.25, 0.3) is 5.52 Å². The van der Waals surface area contributed by atoms with Crippen molar-refractivity contribution in [3.05, 3.63) is 17.2 Å². The summed E-state index contributed by atoms with van der Waals surface area (Å²) in [6, 6.07) is -0.273. The fourth-order valence-electron chi connectivity index (χ4n) is 2.46. The van der Waals surface area contributed by atoms with Gasteiger partial charge in [-0.1, -0.05) is 25.4 Å². The lowest BCUT2D eigenvalue weighted by Crippen LogP contribution is -2.45. The summed E-state index contributed by atoms with van der Waals surface area (Å²) < 4.78 is 15.5. The number of hydrogen-bond donors (Lipinski definition) is 2. The summed E-state index contributed by atoms with van der Waals surface area (Å²) in [4.78, 5) is 8.52. The second-order valence-corrected chi connectivity index (χ2v) is 5.91. The van der Waals surface area contributed by atoms with Gasteiger partial charge in [0.25, 0.3) is 0 Å². The molecule has 0 aromatic carbocycles. The molecule has 2 N–H and O–H groups in total. The van der Waals surface area contributed by atoms with Crippen LogP contribution in [0.1, 0.15) is 32.0 Å². The molecule has 1 fully saturated rings. The highest BCUT2D eigenvalue weighted by Gasteiger charge is 2.25. The average Bonchev–Trinajstić information content (AvgIpc) is 2.79. The van der Waals surface area contributed by atoms with Gasteiger partial charge in [-0.3, -0.25) is 0 Å². The minimum atomic E-state index is -0.950. The van der Waals surface area contributed by atoms with Gasteiger partial charge < -0.3 is 10.6 Å². The molecule has 6 nitrogen and oxygen atoms in total. The number of rotatable bonds is 3. The van der Waals surface area contributed by atoms with Gasteiger partial charge in [0, 0.05) is 12.5 Å². The van der Waals surface area contributed by atoms with Crippen molar-refractivity contribution in [1.82, 2.24) is 24.9 Å². The Morgan fingerprint density at radius 1 is 1.50 bits per heavy atom. The minimum Gasteiger partial charge on any atom is -0.347 e. The van der Waals surface area contributed by atoms with Gasteiger partial charge in [-0.25, -0.2) is 18.9 Å². The number of nitrogens with one attached hydrogen (secondary N) is 2. The van der Waals surface area contributed by atoms with Crippen LogP contribution in [-0.2, 0) is 0 Å². The van der Waals surface area contributed by atoms with Gasteiger partial charge in [-0.15, -0.1) is 17.5 Å². The van der Waals surface area contributed by atoms with E-state index < -0.39 is 6.17 Å². The van der Waals surface area contributed by atoms with Gasteiger partial charge in [-0.2, -0.15) is 0 Å². The predicted molar refractivity (Wildman–Crippen MR) is 86.9 cm³/mol. The Hall–Kier alpha value is -1.18.